The van der Waals surface area contributed by atoms with Crippen LogP contribution in [0.15, 0.2) is 12.3 Å². The van der Waals surface area contributed by atoms with Crippen molar-refractivity contribution >= 4 is 29.5 Å². The van der Waals surface area contributed by atoms with Crippen LogP contribution in [0, 0.1) is 0 Å². The Hall–Kier alpha value is -1.50. The van der Waals surface area contributed by atoms with Crippen molar-refractivity contribution in [2.24, 2.45) is 0 Å². The summed E-state index contributed by atoms with van der Waals surface area (Å²) in [5, 5.41) is 14.9. The highest BCUT2D eigenvalue weighted by Gasteiger charge is 2.05. The Morgan fingerprint density at radius 3 is 3.00 bits per heavy atom. The molecule has 0 atom stereocenters. The number of carbonyl (C=O) groups excluding carboxylic acids is 1. The lowest BCUT2D eigenvalue weighted by atomic mass is 10.6. The second-order valence-electron chi connectivity index (χ2n) is 2.77. The third kappa shape index (κ3) is 4.03. The van der Waals surface area contributed by atoms with Crippen LogP contribution < -0.4 is 5.32 Å². The molecule has 0 unspecified atom stereocenters. The number of carbonyl (C=O) groups is 2. The van der Waals surface area contributed by atoms with E-state index >= 15 is 0 Å². The van der Waals surface area contributed by atoms with E-state index in [2.05, 4.69) is 10.4 Å². The van der Waals surface area contributed by atoms with Crippen molar-refractivity contribution in [2.75, 3.05) is 17.3 Å². The van der Waals surface area contributed by atoms with Crippen LogP contribution in [0.5, 0.6) is 0 Å². The number of aromatic nitrogens is 2. The summed E-state index contributed by atoms with van der Waals surface area (Å²) in [6, 6.07) is 1.56. The third-order valence-corrected chi connectivity index (χ3v) is 2.03. The summed E-state index contributed by atoms with van der Waals surface area (Å²) >= 11 is 1.41. The van der Waals surface area contributed by atoms with Gasteiger partial charge in [-0.15, -0.1) is 0 Å². The maximum Gasteiger partial charge on any atom is 0.325 e. The van der Waals surface area contributed by atoms with Crippen molar-refractivity contribution in [1.29, 1.82) is 0 Å². The SMILES string of the molecule is CSCC(=O)Nc1ccn(CC(=O)O)n1. The summed E-state index contributed by atoms with van der Waals surface area (Å²) in [7, 11) is 0. The molecule has 0 aromatic carbocycles. The Bertz CT molecular complexity index is 364. The van der Waals surface area contributed by atoms with E-state index in [1.165, 1.54) is 22.6 Å². The van der Waals surface area contributed by atoms with E-state index in [-0.39, 0.29) is 12.5 Å². The molecule has 6 nitrogen and oxygen atoms in total. The number of rotatable bonds is 5. The number of hydrogen-bond acceptors (Lipinski definition) is 4. The molecule has 0 saturated heterocycles. The molecule has 1 amide bonds. The summed E-state index contributed by atoms with van der Waals surface area (Å²) in [4.78, 5) is 21.5. The number of nitrogens with zero attached hydrogens (tertiary/aromatic N) is 2. The Morgan fingerprint density at radius 1 is 1.67 bits per heavy atom. The van der Waals surface area contributed by atoms with Crippen LogP contribution in [0.1, 0.15) is 0 Å². The second-order valence-corrected chi connectivity index (χ2v) is 3.64. The van der Waals surface area contributed by atoms with Gasteiger partial charge in [-0.1, -0.05) is 0 Å². The topological polar surface area (TPSA) is 84.2 Å². The summed E-state index contributed by atoms with van der Waals surface area (Å²) in [5.41, 5.74) is 0. The summed E-state index contributed by atoms with van der Waals surface area (Å²) in [5.74, 6) is -0.398. The van der Waals surface area contributed by atoms with Gasteiger partial charge in [0.2, 0.25) is 5.91 Å². The Labute approximate surface area is 90.7 Å². The fourth-order valence-electron chi connectivity index (χ4n) is 0.965. The van der Waals surface area contributed by atoms with Gasteiger partial charge in [0.05, 0.1) is 5.75 Å². The fourth-order valence-corrected chi connectivity index (χ4v) is 1.30. The zero-order chi connectivity index (χ0) is 11.3. The van der Waals surface area contributed by atoms with Gasteiger partial charge in [0, 0.05) is 12.3 Å². The average Bonchev–Trinajstić information content (AvgIpc) is 2.51. The number of nitrogens with one attached hydrogen (secondary N) is 1. The van der Waals surface area contributed by atoms with E-state index in [0.29, 0.717) is 11.6 Å². The first-order valence-electron chi connectivity index (χ1n) is 4.16. The molecule has 1 heterocycles. The molecule has 1 rings (SSSR count). The van der Waals surface area contributed by atoms with E-state index in [4.69, 9.17) is 5.11 Å². The van der Waals surface area contributed by atoms with Gasteiger partial charge < -0.3 is 10.4 Å². The van der Waals surface area contributed by atoms with Crippen LogP contribution in [0.25, 0.3) is 0 Å². The summed E-state index contributed by atoms with van der Waals surface area (Å²) in [6.45, 7) is -0.210. The van der Waals surface area contributed by atoms with Gasteiger partial charge >= 0.3 is 5.97 Å². The number of hydrogen-bond donors (Lipinski definition) is 2. The van der Waals surface area contributed by atoms with E-state index in [9.17, 15) is 9.59 Å². The van der Waals surface area contributed by atoms with E-state index in [1.54, 1.807) is 6.07 Å². The highest BCUT2D eigenvalue weighted by Crippen LogP contribution is 2.03. The zero-order valence-electron chi connectivity index (χ0n) is 8.14. The largest absolute Gasteiger partial charge is 0.480 e. The van der Waals surface area contributed by atoms with Crippen LogP contribution in [0.4, 0.5) is 5.82 Å². The van der Waals surface area contributed by atoms with Crippen LogP contribution >= 0.6 is 11.8 Å². The average molecular weight is 229 g/mol. The standard InChI is InChI=1S/C8H11N3O3S/c1-15-5-7(12)9-6-2-3-11(10-6)4-8(13)14/h2-3H,4-5H2,1H3,(H,13,14)(H,9,10,12). The van der Waals surface area contributed by atoms with E-state index < -0.39 is 5.97 Å². The van der Waals surface area contributed by atoms with Crippen molar-refractivity contribution < 1.29 is 14.7 Å². The summed E-state index contributed by atoms with van der Waals surface area (Å²) < 4.78 is 1.25. The molecule has 0 bridgehead atoms. The van der Waals surface area contributed by atoms with Gasteiger partial charge in [-0.2, -0.15) is 16.9 Å². The van der Waals surface area contributed by atoms with Gasteiger partial charge in [0.1, 0.15) is 6.54 Å². The maximum absolute atomic E-state index is 11.1. The first-order valence-corrected chi connectivity index (χ1v) is 5.55. The zero-order valence-corrected chi connectivity index (χ0v) is 8.95. The van der Waals surface area contributed by atoms with Gasteiger partial charge in [0.15, 0.2) is 5.82 Å². The molecule has 0 aliphatic carbocycles. The Balaban J connectivity index is 2.52. The maximum atomic E-state index is 11.1. The van der Waals surface area contributed by atoms with Crippen LogP contribution in [-0.2, 0) is 16.1 Å². The lowest BCUT2D eigenvalue weighted by Gasteiger charge is -1.99. The Kier molecular flexibility index (Phi) is 4.17. The number of carboxylic acids is 1. The summed E-state index contributed by atoms with van der Waals surface area (Å²) in [6.07, 6.45) is 3.32. The minimum atomic E-state index is -0.972. The predicted octanol–water partition coefficient (Wildman–Crippen LogP) is 0.269. The second kappa shape index (κ2) is 5.40. The van der Waals surface area contributed by atoms with Gasteiger partial charge in [-0.3, -0.25) is 14.3 Å². The number of carboxylic acid groups (broad SMARTS) is 1. The lowest BCUT2D eigenvalue weighted by molar-refractivity contribution is -0.137. The smallest absolute Gasteiger partial charge is 0.325 e. The molecule has 0 aliphatic rings. The van der Waals surface area contributed by atoms with Crippen LogP contribution in [0.3, 0.4) is 0 Å². The first-order chi connectivity index (χ1) is 7.11. The van der Waals surface area contributed by atoms with Crippen molar-refractivity contribution in [2.45, 2.75) is 6.54 Å². The quantitative estimate of drug-likeness (QED) is 0.757. The monoisotopic (exact) mass is 229 g/mol. The van der Waals surface area contributed by atoms with Crippen molar-refractivity contribution in [3.05, 3.63) is 12.3 Å². The van der Waals surface area contributed by atoms with Crippen LogP contribution in [0.2, 0.25) is 0 Å². The molecule has 0 spiro atoms. The number of thioether (sulfide) groups is 1. The molecule has 0 radical (unpaired) electrons. The minimum absolute atomic E-state index is 0.150. The number of aliphatic carboxylic acids is 1. The molecular weight excluding hydrogens is 218 g/mol. The molecular formula is C8H11N3O3S. The van der Waals surface area contributed by atoms with Crippen molar-refractivity contribution in [1.82, 2.24) is 9.78 Å². The first kappa shape index (κ1) is 11.6. The number of anilines is 1. The van der Waals surface area contributed by atoms with E-state index in [0.717, 1.165) is 0 Å². The molecule has 15 heavy (non-hydrogen) atoms. The Morgan fingerprint density at radius 2 is 2.40 bits per heavy atom. The molecule has 2 N–H and O–H groups in total. The van der Waals surface area contributed by atoms with Crippen molar-refractivity contribution in [3.63, 3.8) is 0 Å². The van der Waals surface area contributed by atoms with Gasteiger partial charge in [-0.25, -0.2) is 0 Å². The normalized spacial score (nSPS) is 9.93. The van der Waals surface area contributed by atoms with Crippen LogP contribution in [-0.4, -0.2) is 38.8 Å². The third-order valence-electron chi connectivity index (χ3n) is 1.48. The highest BCUT2D eigenvalue weighted by molar-refractivity contribution is 7.99. The molecule has 1 aromatic rings. The minimum Gasteiger partial charge on any atom is -0.480 e. The molecule has 7 heteroatoms. The predicted molar refractivity (Wildman–Crippen MR) is 56.9 cm³/mol. The van der Waals surface area contributed by atoms with E-state index in [1.807, 2.05) is 6.26 Å². The molecule has 0 aliphatic heterocycles. The van der Waals surface area contributed by atoms with Crippen molar-refractivity contribution in [3.8, 4) is 0 Å². The number of amides is 1. The molecule has 0 saturated carbocycles. The fraction of sp³-hybridized carbons (Fsp3) is 0.375. The molecule has 1 aromatic heterocycles. The molecule has 0 fully saturated rings. The lowest BCUT2D eigenvalue weighted by Crippen LogP contribution is -2.15. The van der Waals surface area contributed by atoms with Gasteiger partial charge in [-0.05, 0) is 6.26 Å². The van der Waals surface area contributed by atoms with Gasteiger partial charge in [0.25, 0.3) is 0 Å². The highest BCUT2D eigenvalue weighted by atomic mass is 32.2. The molecule has 82 valence electrons.